The molecule has 21 heavy (non-hydrogen) atoms. The number of hydrogen-bond acceptors (Lipinski definition) is 2. The highest BCUT2D eigenvalue weighted by Crippen LogP contribution is 2.36. The summed E-state index contributed by atoms with van der Waals surface area (Å²) >= 11 is 5.38. The fourth-order valence-electron chi connectivity index (χ4n) is 3.05. The van der Waals surface area contributed by atoms with E-state index in [1.165, 1.54) is 10.4 Å². The minimum absolute atomic E-state index is 0.134. The van der Waals surface area contributed by atoms with Crippen molar-refractivity contribution in [3.63, 3.8) is 0 Å². The predicted octanol–water partition coefficient (Wildman–Crippen LogP) is 4.97. The third-order valence-electron chi connectivity index (χ3n) is 4.16. The largest absolute Gasteiger partial charge is 0.331 e. The highest BCUT2D eigenvalue weighted by atomic mass is 79.9. The Morgan fingerprint density at radius 2 is 2.24 bits per heavy atom. The summed E-state index contributed by atoms with van der Waals surface area (Å²) < 4.78 is 0.918. The summed E-state index contributed by atoms with van der Waals surface area (Å²) in [6.45, 7) is 4.99. The van der Waals surface area contributed by atoms with Gasteiger partial charge in [0.1, 0.15) is 0 Å². The van der Waals surface area contributed by atoms with Crippen molar-refractivity contribution in [2.75, 3.05) is 6.54 Å². The van der Waals surface area contributed by atoms with Crippen LogP contribution in [0.2, 0.25) is 0 Å². The molecule has 1 unspecified atom stereocenters. The molecule has 1 aliphatic rings. The summed E-state index contributed by atoms with van der Waals surface area (Å²) in [4.78, 5) is 16.4. The van der Waals surface area contributed by atoms with Gasteiger partial charge < -0.3 is 4.90 Å². The van der Waals surface area contributed by atoms with Crippen LogP contribution in [0.15, 0.2) is 34.1 Å². The molecule has 2 heterocycles. The Hall–Kier alpha value is -1.13. The Bertz CT molecular complexity index is 679. The third kappa shape index (κ3) is 2.55. The molecule has 0 radical (unpaired) electrons. The van der Waals surface area contributed by atoms with Gasteiger partial charge >= 0.3 is 0 Å². The van der Waals surface area contributed by atoms with E-state index in [1.54, 1.807) is 0 Å². The standard InChI is InChI=1S/C17H18BrNOS/c1-3-14-12-8-10-21-15(12)7-9-19(14)17(20)13-6-4-5-11(2)16(13)18/h4-6,8,10,14H,3,7,9H2,1-2H3. The van der Waals surface area contributed by atoms with Crippen molar-refractivity contribution >= 4 is 33.2 Å². The van der Waals surface area contributed by atoms with Gasteiger partial charge in [0, 0.05) is 15.9 Å². The molecule has 0 saturated carbocycles. The lowest BCUT2D eigenvalue weighted by molar-refractivity contribution is 0.0656. The number of carbonyl (C=O) groups excluding carboxylic acids is 1. The fourth-order valence-corrected chi connectivity index (χ4v) is 4.41. The second-order valence-corrected chi connectivity index (χ2v) is 7.20. The summed E-state index contributed by atoms with van der Waals surface area (Å²) in [7, 11) is 0. The number of halogens is 1. The first-order chi connectivity index (χ1) is 10.1. The van der Waals surface area contributed by atoms with Crippen LogP contribution in [0, 0.1) is 6.92 Å². The maximum absolute atomic E-state index is 13.0. The van der Waals surface area contributed by atoms with Crippen LogP contribution in [0.3, 0.4) is 0 Å². The number of thiophene rings is 1. The maximum Gasteiger partial charge on any atom is 0.255 e. The van der Waals surface area contributed by atoms with Crippen molar-refractivity contribution in [2.45, 2.75) is 32.7 Å². The lowest BCUT2D eigenvalue weighted by atomic mass is 9.96. The Labute approximate surface area is 137 Å². The molecule has 1 atom stereocenters. The summed E-state index contributed by atoms with van der Waals surface area (Å²) in [5, 5.41) is 2.14. The van der Waals surface area contributed by atoms with E-state index in [1.807, 2.05) is 41.4 Å². The van der Waals surface area contributed by atoms with Crippen LogP contribution in [-0.2, 0) is 6.42 Å². The van der Waals surface area contributed by atoms with Crippen molar-refractivity contribution in [1.29, 1.82) is 0 Å². The van der Waals surface area contributed by atoms with Crippen LogP contribution >= 0.6 is 27.3 Å². The first-order valence-electron chi connectivity index (χ1n) is 7.25. The zero-order valence-corrected chi connectivity index (χ0v) is 14.6. The van der Waals surface area contributed by atoms with Crippen molar-refractivity contribution < 1.29 is 4.79 Å². The van der Waals surface area contributed by atoms with Gasteiger partial charge in [-0.05, 0) is 64.3 Å². The van der Waals surface area contributed by atoms with Crippen molar-refractivity contribution in [3.8, 4) is 0 Å². The second-order valence-electron chi connectivity index (χ2n) is 5.41. The first kappa shape index (κ1) is 14.8. The highest BCUT2D eigenvalue weighted by Gasteiger charge is 2.31. The number of aryl methyl sites for hydroxylation is 1. The van der Waals surface area contributed by atoms with Crippen LogP contribution in [0.5, 0.6) is 0 Å². The van der Waals surface area contributed by atoms with E-state index < -0.39 is 0 Å². The van der Waals surface area contributed by atoms with Crippen molar-refractivity contribution in [1.82, 2.24) is 4.90 Å². The van der Waals surface area contributed by atoms with Gasteiger partial charge in [-0.2, -0.15) is 0 Å². The molecule has 2 aromatic rings. The SMILES string of the molecule is CCC1c2ccsc2CCN1C(=O)c1cccc(C)c1Br. The van der Waals surface area contributed by atoms with Crippen LogP contribution in [-0.4, -0.2) is 17.4 Å². The molecule has 4 heteroatoms. The van der Waals surface area contributed by atoms with E-state index >= 15 is 0 Å². The zero-order valence-electron chi connectivity index (χ0n) is 12.2. The molecule has 110 valence electrons. The van der Waals surface area contributed by atoms with Gasteiger partial charge in [-0.25, -0.2) is 0 Å². The van der Waals surface area contributed by atoms with Crippen LogP contribution in [0.1, 0.15) is 45.7 Å². The average Bonchev–Trinajstić information content (AvgIpc) is 2.96. The topological polar surface area (TPSA) is 20.3 Å². The Balaban J connectivity index is 1.97. The number of carbonyl (C=O) groups is 1. The van der Waals surface area contributed by atoms with Gasteiger partial charge in [-0.15, -0.1) is 11.3 Å². The molecule has 1 amide bonds. The number of nitrogens with zero attached hydrogens (tertiary/aromatic N) is 1. The van der Waals surface area contributed by atoms with Gasteiger partial charge in [0.2, 0.25) is 0 Å². The van der Waals surface area contributed by atoms with E-state index in [0.717, 1.165) is 35.0 Å². The molecule has 1 aromatic carbocycles. The minimum Gasteiger partial charge on any atom is -0.331 e. The molecule has 0 aliphatic carbocycles. The minimum atomic E-state index is 0.134. The van der Waals surface area contributed by atoms with Gasteiger partial charge in [-0.1, -0.05) is 19.1 Å². The highest BCUT2D eigenvalue weighted by molar-refractivity contribution is 9.10. The summed E-state index contributed by atoms with van der Waals surface area (Å²) in [5.41, 5.74) is 3.21. The Morgan fingerprint density at radius 3 is 3.00 bits per heavy atom. The maximum atomic E-state index is 13.0. The average molecular weight is 364 g/mol. The summed E-state index contributed by atoms with van der Waals surface area (Å²) in [6.07, 6.45) is 1.93. The fraction of sp³-hybridized carbons (Fsp3) is 0.353. The van der Waals surface area contributed by atoms with Crippen molar-refractivity contribution in [3.05, 3.63) is 55.7 Å². The quantitative estimate of drug-likeness (QED) is 0.737. The summed E-state index contributed by atoms with van der Waals surface area (Å²) in [5.74, 6) is 0.134. The Morgan fingerprint density at radius 1 is 1.43 bits per heavy atom. The summed E-state index contributed by atoms with van der Waals surface area (Å²) in [6, 6.07) is 8.27. The number of hydrogen-bond donors (Lipinski definition) is 0. The first-order valence-corrected chi connectivity index (χ1v) is 8.93. The molecule has 1 aliphatic heterocycles. The smallest absolute Gasteiger partial charge is 0.255 e. The van der Waals surface area contributed by atoms with Gasteiger partial charge in [0.25, 0.3) is 5.91 Å². The second kappa shape index (κ2) is 5.93. The predicted molar refractivity (Wildman–Crippen MR) is 91.0 cm³/mol. The third-order valence-corrected chi connectivity index (χ3v) is 6.21. The van der Waals surface area contributed by atoms with Crippen LogP contribution in [0.25, 0.3) is 0 Å². The van der Waals surface area contributed by atoms with Gasteiger partial charge in [0.05, 0.1) is 11.6 Å². The molecule has 0 spiro atoms. The lowest BCUT2D eigenvalue weighted by Crippen LogP contribution is -2.39. The number of amides is 1. The lowest BCUT2D eigenvalue weighted by Gasteiger charge is -2.35. The molecule has 0 fully saturated rings. The number of rotatable bonds is 2. The molecular formula is C17H18BrNOS. The number of fused-ring (bicyclic) bond motifs is 1. The molecule has 2 nitrogen and oxygen atoms in total. The molecule has 0 saturated heterocycles. The number of benzene rings is 1. The van der Waals surface area contributed by atoms with E-state index in [4.69, 9.17) is 0 Å². The monoisotopic (exact) mass is 363 g/mol. The molecule has 3 rings (SSSR count). The molecule has 1 aromatic heterocycles. The zero-order chi connectivity index (χ0) is 15.0. The van der Waals surface area contributed by atoms with E-state index in [2.05, 4.69) is 34.3 Å². The van der Waals surface area contributed by atoms with Gasteiger partial charge in [-0.3, -0.25) is 4.79 Å². The van der Waals surface area contributed by atoms with E-state index in [9.17, 15) is 4.79 Å². The molecule has 0 N–H and O–H groups in total. The van der Waals surface area contributed by atoms with Crippen LogP contribution in [0.4, 0.5) is 0 Å². The van der Waals surface area contributed by atoms with E-state index in [-0.39, 0.29) is 11.9 Å². The molecular weight excluding hydrogens is 346 g/mol. The normalized spacial score (nSPS) is 17.7. The Kier molecular flexibility index (Phi) is 4.18. The van der Waals surface area contributed by atoms with E-state index in [0.29, 0.717) is 0 Å². The van der Waals surface area contributed by atoms with Crippen molar-refractivity contribution in [2.24, 2.45) is 0 Å². The van der Waals surface area contributed by atoms with Gasteiger partial charge in [0.15, 0.2) is 0 Å². The van der Waals surface area contributed by atoms with Crippen LogP contribution < -0.4 is 0 Å². The molecule has 0 bridgehead atoms.